The molecular weight excluding hydrogens is 404 g/mol. The van der Waals surface area contributed by atoms with E-state index in [1.54, 1.807) is 32.4 Å². The van der Waals surface area contributed by atoms with Crippen molar-refractivity contribution in [1.82, 2.24) is 10.2 Å². The van der Waals surface area contributed by atoms with Crippen LogP contribution in [0, 0.1) is 0 Å². The maximum absolute atomic E-state index is 13.4. The van der Waals surface area contributed by atoms with Crippen LogP contribution in [0.15, 0.2) is 47.5 Å². The summed E-state index contributed by atoms with van der Waals surface area (Å²) in [4.78, 5) is 20.4. The normalized spacial score (nSPS) is 21.8. The predicted molar refractivity (Wildman–Crippen MR) is 127 cm³/mol. The number of hydrogen-bond acceptors (Lipinski definition) is 5. The third-order valence-corrected chi connectivity index (χ3v) is 5.94. The predicted octanol–water partition coefficient (Wildman–Crippen LogP) is 3.70. The zero-order valence-electron chi connectivity index (χ0n) is 19.5. The van der Waals surface area contributed by atoms with E-state index in [2.05, 4.69) is 43.5 Å². The van der Waals surface area contributed by atoms with E-state index in [0.717, 1.165) is 17.9 Å². The second-order valence-electron chi connectivity index (χ2n) is 9.43. The van der Waals surface area contributed by atoms with Gasteiger partial charge in [0.25, 0.3) is 5.91 Å². The Kier molecular flexibility index (Phi) is 5.86. The SMILES string of the molecule is COc1cc(OC)cc(C(=O)N2CCC3(C2)NCc2ccccc2NC3=NC(C)(C)C)c1. The van der Waals surface area contributed by atoms with Gasteiger partial charge in [0, 0.05) is 37.0 Å². The van der Waals surface area contributed by atoms with Crippen molar-refractivity contribution in [2.45, 2.75) is 44.8 Å². The summed E-state index contributed by atoms with van der Waals surface area (Å²) >= 11 is 0. The molecule has 1 fully saturated rings. The molecule has 1 saturated heterocycles. The van der Waals surface area contributed by atoms with Gasteiger partial charge in [-0.25, -0.2) is 0 Å². The molecular formula is C25H32N4O3. The van der Waals surface area contributed by atoms with E-state index in [0.29, 0.717) is 36.7 Å². The van der Waals surface area contributed by atoms with Gasteiger partial charge in [-0.2, -0.15) is 0 Å². The van der Waals surface area contributed by atoms with Crippen molar-refractivity contribution in [2.24, 2.45) is 4.99 Å². The number of carbonyl (C=O) groups excluding carboxylic acids is 1. The smallest absolute Gasteiger partial charge is 0.254 e. The highest BCUT2D eigenvalue weighted by atomic mass is 16.5. The zero-order valence-corrected chi connectivity index (χ0v) is 19.5. The van der Waals surface area contributed by atoms with Gasteiger partial charge in [0.1, 0.15) is 17.3 Å². The lowest BCUT2D eigenvalue weighted by molar-refractivity contribution is 0.0785. The van der Waals surface area contributed by atoms with Gasteiger partial charge in [0.2, 0.25) is 0 Å². The van der Waals surface area contributed by atoms with Gasteiger partial charge >= 0.3 is 0 Å². The molecule has 2 aliphatic rings. The summed E-state index contributed by atoms with van der Waals surface area (Å²) < 4.78 is 10.7. The summed E-state index contributed by atoms with van der Waals surface area (Å²) in [5, 5.41) is 7.32. The molecule has 1 amide bonds. The number of rotatable bonds is 3. The molecule has 0 aromatic heterocycles. The highest BCUT2D eigenvalue weighted by molar-refractivity contribution is 6.05. The number of hydrogen-bond donors (Lipinski definition) is 2. The number of methoxy groups -OCH3 is 2. The maximum atomic E-state index is 13.4. The molecule has 2 aromatic rings. The fraction of sp³-hybridized carbons (Fsp3) is 0.440. The molecule has 1 unspecified atom stereocenters. The topological polar surface area (TPSA) is 75.2 Å². The summed E-state index contributed by atoms with van der Waals surface area (Å²) in [6.45, 7) is 8.14. The first-order valence-corrected chi connectivity index (χ1v) is 11.0. The lowest BCUT2D eigenvalue weighted by Gasteiger charge is -2.32. The lowest BCUT2D eigenvalue weighted by Crippen LogP contribution is -2.56. The standard InChI is InChI=1S/C25H32N4O3/c1-24(2,3)28-23-25(26-15-17-8-6-7-9-21(17)27-23)10-11-29(16-25)22(30)18-12-19(31-4)14-20(13-18)32-5/h6-9,12-14,26H,10-11,15-16H2,1-5H3,(H,27,28). The van der Waals surface area contributed by atoms with E-state index in [4.69, 9.17) is 14.5 Å². The van der Waals surface area contributed by atoms with Crippen molar-refractivity contribution in [1.29, 1.82) is 0 Å². The number of benzene rings is 2. The number of amides is 1. The Bertz CT molecular complexity index is 1020. The van der Waals surface area contributed by atoms with Crippen LogP contribution in [0.5, 0.6) is 11.5 Å². The fourth-order valence-electron chi connectivity index (χ4n) is 4.30. The van der Waals surface area contributed by atoms with E-state index in [9.17, 15) is 4.79 Å². The van der Waals surface area contributed by atoms with E-state index in [1.165, 1.54) is 5.56 Å². The van der Waals surface area contributed by atoms with Crippen molar-refractivity contribution < 1.29 is 14.3 Å². The molecule has 0 aliphatic carbocycles. The van der Waals surface area contributed by atoms with Gasteiger partial charge in [-0.15, -0.1) is 0 Å². The van der Waals surface area contributed by atoms with Crippen LogP contribution in [0.3, 0.4) is 0 Å². The maximum Gasteiger partial charge on any atom is 0.254 e. The number of aliphatic imine (C=N–C) groups is 1. The number of carbonyl (C=O) groups is 1. The minimum Gasteiger partial charge on any atom is -0.497 e. The third kappa shape index (κ3) is 4.43. The number of nitrogens with zero attached hydrogens (tertiary/aromatic N) is 2. The first-order valence-electron chi connectivity index (χ1n) is 11.0. The number of nitrogens with one attached hydrogen (secondary N) is 2. The van der Waals surface area contributed by atoms with Gasteiger partial charge in [-0.1, -0.05) is 18.2 Å². The molecule has 2 aliphatic heterocycles. The van der Waals surface area contributed by atoms with Crippen LogP contribution in [-0.4, -0.2) is 55.0 Å². The number of ether oxygens (including phenoxy) is 2. The van der Waals surface area contributed by atoms with Crippen molar-refractivity contribution in [3.8, 4) is 11.5 Å². The van der Waals surface area contributed by atoms with Crippen LogP contribution < -0.4 is 20.1 Å². The Morgan fingerprint density at radius 1 is 1.09 bits per heavy atom. The summed E-state index contributed by atoms with van der Waals surface area (Å²) in [5.74, 6) is 2.04. The average Bonchev–Trinajstić information content (AvgIpc) is 3.15. The molecule has 7 nitrogen and oxygen atoms in total. The van der Waals surface area contributed by atoms with Crippen LogP contribution in [0.4, 0.5) is 5.69 Å². The minimum absolute atomic E-state index is 0.0438. The van der Waals surface area contributed by atoms with Crippen molar-refractivity contribution in [3.63, 3.8) is 0 Å². The van der Waals surface area contributed by atoms with Crippen molar-refractivity contribution >= 4 is 17.4 Å². The molecule has 0 saturated carbocycles. The average molecular weight is 437 g/mol. The molecule has 4 rings (SSSR count). The van der Waals surface area contributed by atoms with E-state index in [1.807, 2.05) is 17.0 Å². The lowest BCUT2D eigenvalue weighted by atomic mass is 9.95. The Balaban J connectivity index is 1.66. The first kappa shape index (κ1) is 22.1. The van der Waals surface area contributed by atoms with Crippen molar-refractivity contribution in [3.05, 3.63) is 53.6 Å². The molecule has 7 heteroatoms. The Morgan fingerprint density at radius 3 is 2.44 bits per heavy atom. The van der Waals surface area contributed by atoms with Gasteiger partial charge in [-0.05, 0) is 51.0 Å². The number of anilines is 1. The van der Waals surface area contributed by atoms with E-state index in [-0.39, 0.29) is 11.4 Å². The van der Waals surface area contributed by atoms with Gasteiger partial charge in [0.05, 0.1) is 25.3 Å². The number of amidine groups is 1. The molecule has 2 N–H and O–H groups in total. The van der Waals surface area contributed by atoms with E-state index < -0.39 is 5.54 Å². The molecule has 1 spiro atoms. The second-order valence-corrected chi connectivity index (χ2v) is 9.43. The highest BCUT2D eigenvalue weighted by Crippen LogP contribution is 2.32. The number of fused-ring (bicyclic) bond motifs is 1. The summed E-state index contributed by atoms with van der Waals surface area (Å²) in [6.07, 6.45) is 0.774. The monoisotopic (exact) mass is 436 g/mol. The summed E-state index contributed by atoms with van der Waals surface area (Å²) in [6, 6.07) is 13.5. The van der Waals surface area contributed by atoms with Crippen LogP contribution in [0.1, 0.15) is 43.1 Å². The van der Waals surface area contributed by atoms with Crippen LogP contribution in [0.2, 0.25) is 0 Å². The zero-order chi connectivity index (χ0) is 22.9. The van der Waals surface area contributed by atoms with Crippen LogP contribution in [0.25, 0.3) is 0 Å². The van der Waals surface area contributed by atoms with E-state index >= 15 is 0 Å². The molecule has 0 bridgehead atoms. The molecule has 32 heavy (non-hydrogen) atoms. The third-order valence-electron chi connectivity index (χ3n) is 5.94. The van der Waals surface area contributed by atoms with Crippen molar-refractivity contribution in [2.75, 3.05) is 32.6 Å². The number of para-hydroxylation sites is 1. The van der Waals surface area contributed by atoms with Crippen LogP contribution >= 0.6 is 0 Å². The fourth-order valence-corrected chi connectivity index (χ4v) is 4.30. The molecule has 0 radical (unpaired) electrons. The Morgan fingerprint density at radius 2 is 1.78 bits per heavy atom. The van der Waals surface area contributed by atoms with Gasteiger partial charge in [-0.3, -0.25) is 15.1 Å². The Hall–Kier alpha value is -3.06. The van der Waals surface area contributed by atoms with Gasteiger partial charge in [0.15, 0.2) is 0 Å². The number of likely N-dealkylation sites (tertiary alicyclic amines) is 1. The van der Waals surface area contributed by atoms with Gasteiger partial charge < -0.3 is 19.7 Å². The molecule has 170 valence electrons. The second kappa shape index (κ2) is 8.47. The highest BCUT2D eigenvalue weighted by Gasteiger charge is 2.46. The summed E-state index contributed by atoms with van der Waals surface area (Å²) in [5.41, 5.74) is 2.10. The minimum atomic E-state index is -0.440. The molecule has 2 heterocycles. The molecule has 1 atom stereocenters. The molecule has 2 aromatic carbocycles. The van der Waals surface area contributed by atoms with Crippen LogP contribution in [-0.2, 0) is 6.54 Å². The Labute approximate surface area is 189 Å². The summed E-state index contributed by atoms with van der Waals surface area (Å²) in [7, 11) is 3.17. The first-order chi connectivity index (χ1) is 15.2. The quantitative estimate of drug-likeness (QED) is 0.767. The largest absolute Gasteiger partial charge is 0.497 e.